The van der Waals surface area contributed by atoms with Crippen LogP contribution in [-0.4, -0.2) is 28.8 Å². The molecule has 0 aliphatic heterocycles. The normalized spacial score (nSPS) is 11.7. The number of benzene rings is 1. The molecule has 1 aromatic rings. The van der Waals surface area contributed by atoms with Crippen LogP contribution in [0.5, 0.6) is 0 Å². The number of nitrogens with two attached hydrogens (primary N) is 1. The van der Waals surface area contributed by atoms with Gasteiger partial charge in [0.25, 0.3) is 0 Å². The van der Waals surface area contributed by atoms with Crippen LogP contribution in [0.15, 0.2) is 18.2 Å². The second-order valence-corrected chi connectivity index (χ2v) is 4.39. The predicted molar refractivity (Wildman–Crippen MR) is 70.1 cm³/mol. The van der Waals surface area contributed by atoms with Crippen molar-refractivity contribution in [1.82, 2.24) is 5.32 Å². The van der Waals surface area contributed by atoms with Crippen molar-refractivity contribution in [2.75, 3.05) is 5.73 Å². The van der Waals surface area contributed by atoms with Gasteiger partial charge < -0.3 is 16.2 Å². The summed E-state index contributed by atoms with van der Waals surface area (Å²) in [5, 5.41) is 11.5. The molecular formula is C12H13ClN2O4. The Morgan fingerprint density at radius 2 is 2.05 bits per heavy atom. The first-order valence-electron chi connectivity index (χ1n) is 5.39. The Morgan fingerprint density at radius 3 is 2.53 bits per heavy atom. The average molecular weight is 285 g/mol. The third kappa shape index (κ3) is 4.26. The molecule has 4 N–H and O–H groups in total. The second kappa shape index (κ2) is 6.19. The van der Waals surface area contributed by atoms with Crippen molar-refractivity contribution in [2.24, 2.45) is 0 Å². The fraction of sp³-hybridized carbons (Fsp3) is 0.250. The predicted octanol–water partition coefficient (Wildman–Crippen LogP) is 1.08. The van der Waals surface area contributed by atoms with Crippen molar-refractivity contribution in [1.29, 1.82) is 0 Å². The smallest absolute Gasteiger partial charge is 0.326 e. The number of hydrogen-bond donors (Lipinski definition) is 3. The van der Waals surface area contributed by atoms with Gasteiger partial charge in [-0.05, 0) is 18.2 Å². The summed E-state index contributed by atoms with van der Waals surface area (Å²) >= 11 is 5.70. The Morgan fingerprint density at radius 1 is 1.42 bits per heavy atom. The van der Waals surface area contributed by atoms with Crippen molar-refractivity contribution >= 4 is 34.9 Å². The van der Waals surface area contributed by atoms with Gasteiger partial charge in [-0.25, -0.2) is 4.79 Å². The van der Waals surface area contributed by atoms with Gasteiger partial charge in [-0.2, -0.15) is 0 Å². The largest absolute Gasteiger partial charge is 0.480 e. The Labute approximate surface area is 114 Å². The van der Waals surface area contributed by atoms with E-state index in [0.717, 1.165) is 0 Å². The highest BCUT2D eigenvalue weighted by atomic mass is 35.5. The zero-order chi connectivity index (χ0) is 14.6. The third-order valence-electron chi connectivity index (χ3n) is 2.38. The quantitative estimate of drug-likeness (QED) is 0.554. The molecule has 0 aliphatic rings. The minimum absolute atomic E-state index is 0.171. The maximum Gasteiger partial charge on any atom is 0.326 e. The summed E-state index contributed by atoms with van der Waals surface area (Å²) in [7, 11) is 0. The summed E-state index contributed by atoms with van der Waals surface area (Å²) in [6, 6.07) is 3.04. The van der Waals surface area contributed by atoms with Gasteiger partial charge in [-0.3, -0.25) is 9.59 Å². The van der Waals surface area contributed by atoms with Gasteiger partial charge in [0.05, 0.1) is 0 Å². The maximum atomic E-state index is 11.9. The lowest BCUT2D eigenvalue weighted by atomic mass is 10.0. The lowest BCUT2D eigenvalue weighted by Crippen LogP contribution is -2.41. The standard InChI is InChI=1S/C12H13ClN2O4/c1-6(16)15-10(12(18)19)5-11(17)8-3-2-7(13)4-9(8)14/h2-4,10H,5,14H2,1H3,(H,15,16)(H,18,19). The summed E-state index contributed by atoms with van der Waals surface area (Å²) in [6.45, 7) is 1.18. The highest BCUT2D eigenvalue weighted by molar-refractivity contribution is 6.31. The number of halogens is 1. The van der Waals surface area contributed by atoms with E-state index in [2.05, 4.69) is 5.32 Å². The number of amides is 1. The van der Waals surface area contributed by atoms with Crippen LogP contribution in [0, 0.1) is 0 Å². The summed E-state index contributed by atoms with van der Waals surface area (Å²) in [6.07, 6.45) is -0.374. The van der Waals surface area contributed by atoms with Gasteiger partial charge in [0, 0.05) is 29.6 Å². The number of nitrogen functional groups attached to an aromatic ring is 1. The van der Waals surface area contributed by atoms with Crippen molar-refractivity contribution in [3.8, 4) is 0 Å². The van der Waals surface area contributed by atoms with Crippen molar-refractivity contribution in [3.05, 3.63) is 28.8 Å². The Balaban J connectivity index is 2.87. The molecule has 1 atom stereocenters. The zero-order valence-electron chi connectivity index (χ0n) is 10.1. The Kier molecular flexibility index (Phi) is 4.88. The van der Waals surface area contributed by atoms with Crippen LogP contribution in [0.4, 0.5) is 5.69 Å². The van der Waals surface area contributed by atoms with Gasteiger partial charge in [-0.15, -0.1) is 0 Å². The van der Waals surface area contributed by atoms with Crippen LogP contribution in [0.25, 0.3) is 0 Å². The number of nitrogens with one attached hydrogen (secondary N) is 1. The molecular weight excluding hydrogens is 272 g/mol. The van der Waals surface area contributed by atoms with Gasteiger partial charge in [0.2, 0.25) is 5.91 Å². The fourth-order valence-corrected chi connectivity index (χ4v) is 1.71. The van der Waals surface area contributed by atoms with E-state index in [1.807, 2.05) is 0 Å². The molecule has 19 heavy (non-hydrogen) atoms. The number of carboxylic acid groups (broad SMARTS) is 1. The van der Waals surface area contributed by atoms with Crippen LogP contribution in [0.3, 0.4) is 0 Å². The van der Waals surface area contributed by atoms with Crippen LogP contribution >= 0.6 is 11.6 Å². The number of aliphatic carboxylic acids is 1. The number of rotatable bonds is 5. The summed E-state index contributed by atoms with van der Waals surface area (Å²) in [4.78, 5) is 33.7. The van der Waals surface area contributed by atoms with Crippen LogP contribution in [0.2, 0.25) is 5.02 Å². The molecule has 0 fully saturated rings. The van der Waals surface area contributed by atoms with Gasteiger partial charge in [-0.1, -0.05) is 11.6 Å². The number of carbonyl (C=O) groups is 3. The fourth-order valence-electron chi connectivity index (χ4n) is 1.53. The molecule has 1 aromatic carbocycles. The van der Waals surface area contributed by atoms with E-state index >= 15 is 0 Å². The second-order valence-electron chi connectivity index (χ2n) is 3.95. The van der Waals surface area contributed by atoms with Gasteiger partial charge in [0.1, 0.15) is 6.04 Å². The number of ketones is 1. The molecule has 1 unspecified atom stereocenters. The summed E-state index contributed by atoms with van der Waals surface area (Å²) in [5.74, 6) is -2.28. The molecule has 0 bridgehead atoms. The van der Waals surface area contributed by atoms with E-state index in [1.165, 1.54) is 25.1 Å². The van der Waals surface area contributed by atoms with Crippen LogP contribution < -0.4 is 11.1 Å². The molecule has 0 spiro atoms. The van der Waals surface area contributed by atoms with Crippen LogP contribution in [0.1, 0.15) is 23.7 Å². The molecule has 0 saturated heterocycles. The Bertz CT molecular complexity index is 530. The van der Waals surface area contributed by atoms with E-state index in [-0.39, 0.29) is 17.7 Å². The first-order chi connectivity index (χ1) is 8.81. The average Bonchev–Trinajstić information content (AvgIpc) is 2.26. The number of Topliss-reactive ketones (excluding diaryl/α,β-unsaturated/α-hetero) is 1. The van der Waals surface area contributed by atoms with Crippen LogP contribution in [-0.2, 0) is 9.59 Å². The monoisotopic (exact) mass is 284 g/mol. The third-order valence-corrected chi connectivity index (χ3v) is 2.61. The molecule has 7 heteroatoms. The lowest BCUT2D eigenvalue weighted by Gasteiger charge is -2.13. The van der Waals surface area contributed by atoms with E-state index in [0.29, 0.717) is 5.02 Å². The molecule has 6 nitrogen and oxygen atoms in total. The number of carbonyl (C=O) groups excluding carboxylic acids is 2. The molecule has 102 valence electrons. The van der Waals surface area contributed by atoms with Crippen molar-refractivity contribution < 1.29 is 19.5 Å². The topological polar surface area (TPSA) is 109 Å². The van der Waals surface area contributed by atoms with E-state index < -0.39 is 23.7 Å². The number of anilines is 1. The number of carboxylic acids is 1. The first kappa shape index (κ1) is 15.0. The molecule has 0 aliphatic carbocycles. The summed E-state index contributed by atoms with van der Waals surface area (Å²) in [5.41, 5.74) is 5.99. The molecule has 1 amide bonds. The minimum Gasteiger partial charge on any atom is -0.480 e. The molecule has 1 rings (SSSR count). The van der Waals surface area contributed by atoms with Crippen molar-refractivity contribution in [2.45, 2.75) is 19.4 Å². The van der Waals surface area contributed by atoms with E-state index in [4.69, 9.17) is 22.4 Å². The maximum absolute atomic E-state index is 11.9. The minimum atomic E-state index is -1.28. The van der Waals surface area contributed by atoms with Gasteiger partial charge in [0.15, 0.2) is 5.78 Å². The summed E-state index contributed by atoms with van der Waals surface area (Å²) < 4.78 is 0. The number of hydrogen-bond acceptors (Lipinski definition) is 4. The molecule has 0 heterocycles. The molecule has 0 saturated carbocycles. The highest BCUT2D eigenvalue weighted by Crippen LogP contribution is 2.19. The zero-order valence-corrected chi connectivity index (χ0v) is 10.9. The molecule has 0 radical (unpaired) electrons. The van der Waals surface area contributed by atoms with Crippen molar-refractivity contribution in [3.63, 3.8) is 0 Å². The lowest BCUT2D eigenvalue weighted by molar-refractivity contribution is -0.141. The molecule has 0 aromatic heterocycles. The SMILES string of the molecule is CC(=O)NC(CC(=O)c1ccc(Cl)cc1N)C(=O)O. The van der Waals surface area contributed by atoms with E-state index in [1.54, 1.807) is 0 Å². The van der Waals surface area contributed by atoms with E-state index in [9.17, 15) is 14.4 Å². The Hall–Kier alpha value is -2.08. The van der Waals surface area contributed by atoms with Gasteiger partial charge >= 0.3 is 5.97 Å². The highest BCUT2D eigenvalue weighted by Gasteiger charge is 2.23. The first-order valence-corrected chi connectivity index (χ1v) is 5.77.